The van der Waals surface area contributed by atoms with E-state index in [4.69, 9.17) is 0 Å². The SMILES string of the molecule is CCCn1ccnc1SCC(=O)Nc1c(C#N)c(C)c(C)n1C1CCCC1. The summed E-state index contributed by atoms with van der Waals surface area (Å²) in [7, 11) is 0. The molecular weight excluding hydrogens is 358 g/mol. The minimum atomic E-state index is -0.0979. The molecule has 6 nitrogen and oxygen atoms in total. The first kappa shape index (κ1) is 19.6. The molecule has 0 radical (unpaired) electrons. The number of carbonyl (C=O) groups is 1. The standard InChI is InChI=1S/C20H27N5OS/c1-4-10-24-11-9-22-20(24)27-13-18(26)23-19-17(12-21)14(2)15(3)25(19)16-7-5-6-8-16/h9,11,16H,4-8,10,13H2,1-3H3,(H,23,26). The summed E-state index contributed by atoms with van der Waals surface area (Å²) in [6.07, 6.45) is 9.34. The fourth-order valence-corrected chi connectivity index (χ4v) is 4.64. The molecule has 7 heteroatoms. The Morgan fingerprint density at radius 3 is 2.81 bits per heavy atom. The zero-order chi connectivity index (χ0) is 19.4. The summed E-state index contributed by atoms with van der Waals surface area (Å²) in [6, 6.07) is 2.66. The number of thioether (sulfide) groups is 1. The van der Waals surface area contributed by atoms with Crippen LogP contribution in [0.15, 0.2) is 17.6 Å². The van der Waals surface area contributed by atoms with Gasteiger partial charge in [-0.05, 0) is 38.7 Å². The van der Waals surface area contributed by atoms with Crippen LogP contribution >= 0.6 is 11.8 Å². The smallest absolute Gasteiger partial charge is 0.235 e. The number of rotatable bonds is 7. The van der Waals surface area contributed by atoms with Crippen LogP contribution in [0.1, 0.15) is 61.9 Å². The summed E-state index contributed by atoms with van der Waals surface area (Å²) in [5.41, 5.74) is 2.64. The molecule has 0 atom stereocenters. The third kappa shape index (κ3) is 4.06. The summed E-state index contributed by atoms with van der Waals surface area (Å²) in [4.78, 5) is 17.0. The van der Waals surface area contributed by atoms with E-state index < -0.39 is 0 Å². The molecule has 2 heterocycles. The monoisotopic (exact) mass is 385 g/mol. The Balaban J connectivity index is 1.76. The number of nitriles is 1. The van der Waals surface area contributed by atoms with Crippen molar-refractivity contribution in [1.29, 1.82) is 5.26 Å². The summed E-state index contributed by atoms with van der Waals surface area (Å²) < 4.78 is 4.25. The first-order chi connectivity index (χ1) is 13.1. The third-order valence-electron chi connectivity index (χ3n) is 5.29. The van der Waals surface area contributed by atoms with Gasteiger partial charge in [-0.3, -0.25) is 4.79 Å². The number of carbonyl (C=O) groups excluding carboxylic acids is 1. The van der Waals surface area contributed by atoms with Gasteiger partial charge in [-0.15, -0.1) is 0 Å². The van der Waals surface area contributed by atoms with E-state index in [1.807, 2.05) is 20.0 Å². The molecule has 27 heavy (non-hydrogen) atoms. The van der Waals surface area contributed by atoms with Crippen LogP contribution in [-0.4, -0.2) is 25.8 Å². The fraction of sp³-hybridized carbons (Fsp3) is 0.550. The van der Waals surface area contributed by atoms with Crippen LogP contribution in [0.3, 0.4) is 0 Å². The molecule has 1 N–H and O–H groups in total. The highest BCUT2D eigenvalue weighted by Gasteiger charge is 2.26. The van der Waals surface area contributed by atoms with Gasteiger partial charge in [0.15, 0.2) is 5.16 Å². The molecule has 1 aliphatic rings. The molecule has 0 saturated heterocycles. The third-order valence-corrected chi connectivity index (χ3v) is 6.30. The van der Waals surface area contributed by atoms with Gasteiger partial charge in [-0.1, -0.05) is 31.5 Å². The zero-order valence-corrected chi connectivity index (χ0v) is 17.1. The molecule has 2 aromatic heterocycles. The predicted octanol–water partition coefficient (Wildman–Crippen LogP) is 4.43. The molecule has 1 fully saturated rings. The van der Waals surface area contributed by atoms with Crippen molar-refractivity contribution in [2.45, 2.75) is 70.6 Å². The van der Waals surface area contributed by atoms with E-state index in [2.05, 4.69) is 32.4 Å². The van der Waals surface area contributed by atoms with Gasteiger partial charge in [0, 0.05) is 30.7 Å². The lowest BCUT2D eigenvalue weighted by molar-refractivity contribution is -0.113. The van der Waals surface area contributed by atoms with Crippen LogP contribution in [0, 0.1) is 25.2 Å². The Hall–Kier alpha value is -2.20. The minimum absolute atomic E-state index is 0.0979. The average Bonchev–Trinajstić information content (AvgIpc) is 3.36. The number of hydrogen-bond donors (Lipinski definition) is 1. The highest BCUT2D eigenvalue weighted by Crippen LogP contribution is 2.37. The molecule has 1 amide bonds. The largest absolute Gasteiger partial charge is 0.327 e. The van der Waals surface area contributed by atoms with Gasteiger partial charge < -0.3 is 14.5 Å². The lowest BCUT2D eigenvalue weighted by atomic mass is 10.2. The fourth-order valence-electron chi connectivity index (χ4n) is 3.85. The maximum atomic E-state index is 12.6. The highest BCUT2D eigenvalue weighted by atomic mass is 32.2. The van der Waals surface area contributed by atoms with Crippen molar-refractivity contribution in [2.75, 3.05) is 11.1 Å². The van der Waals surface area contributed by atoms with Crippen LogP contribution in [0.2, 0.25) is 0 Å². The second-order valence-corrected chi connectivity index (χ2v) is 8.04. The Labute approximate surface area is 165 Å². The average molecular weight is 386 g/mol. The van der Waals surface area contributed by atoms with Crippen molar-refractivity contribution < 1.29 is 4.79 Å². The van der Waals surface area contributed by atoms with E-state index in [-0.39, 0.29) is 11.7 Å². The first-order valence-corrected chi connectivity index (χ1v) is 10.6. The van der Waals surface area contributed by atoms with E-state index >= 15 is 0 Å². The maximum absolute atomic E-state index is 12.6. The van der Waals surface area contributed by atoms with Crippen molar-refractivity contribution in [2.24, 2.45) is 0 Å². The van der Waals surface area contributed by atoms with Gasteiger partial charge in [0.05, 0.1) is 11.3 Å². The molecule has 1 aliphatic carbocycles. The molecule has 2 aromatic rings. The van der Waals surface area contributed by atoms with Gasteiger partial charge in [0.25, 0.3) is 0 Å². The van der Waals surface area contributed by atoms with Crippen LogP contribution in [-0.2, 0) is 11.3 Å². The lowest BCUT2D eigenvalue weighted by Gasteiger charge is -2.19. The van der Waals surface area contributed by atoms with Crippen LogP contribution < -0.4 is 5.32 Å². The summed E-state index contributed by atoms with van der Waals surface area (Å²) in [5, 5.41) is 13.5. The van der Waals surface area contributed by atoms with Crippen molar-refractivity contribution in [3.05, 3.63) is 29.2 Å². The molecule has 0 aliphatic heterocycles. The normalized spacial score (nSPS) is 14.4. The number of nitrogens with one attached hydrogen (secondary N) is 1. The number of nitrogens with zero attached hydrogens (tertiary/aromatic N) is 4. The second-order valence-electron chi connectivity index (χ2n) is 7.09. The van der Waals surface area contributed by atoms with Crippen molar-refractivity contribution in [3.63, 3.8) is 0 Å². The molecule has 0 spiro atoms. The topological polar surface area (TPSA) is 75.6 Å². The number of amides is 1. The second kappa shape index (κ2) is 8.66. The first-order valence-electron chi connectivity index (χ1n) is 9.62. The molecule has 0 bridgehead atoms. The van der Waals surface area contributed by atoms with Gasteiger partial charge in [0.1, 0.15) is 11.9 Å². The molecule has 144 valence electrons. The Morgan fingerprint density at radius 1 is 1.41 bits per heavy atom. The van der Waals surface area contributed by atoms with E-state index in [9.17, 15) is 10.1 Å². The number of anilines is 1. The summed E-state index contributed by atoms with van der Waals surface area (Å²) in [6.45, 7) is 7.02. The quantitative estimate of drug-likeness (QED) is 0.716. The van der Waals surface area contributed by atoms with Crippen molar-refractivity contribution >= 4 is 23.5 Å². The molecule has 0 unspecified atom stereocenters. The van der Waals surface area contributed by atoms with Crippen molar-refractivity contribution in [1.82, 2.24) is 14.1 Å². The van der Waals surface area contributed by atoms with Gasteiger partial charge >= 0.3 is 0 Å². The van der Waals surface area contributed by atoms with Gasteiger partial charge in [-0.25, -0.2) is 4.98 Å². The Kier molecular flexibility index (Phi) is 6.27. The van der Waals surface area contributed by atoms with E-state index in [1.165, 1.54) is 24.6 Å². The van der Waals surface area contributed by atoms with E-state index in [1.54, 1.807) is 6.20 Å². The Bertz CT molecular complexity index is 855. The van der Waals surface area contributed by atoms with Crippen LogP contribution in [0.4, 0.5) is 5.82 Å². The molecular formula is C20H27N5OS. The number of hydrogen-bond acceptors (Lipinski definition) is 4. The number of imidazole rings is 1. The van der Waals surface area contributed by atoms with E-state index in [0.717, 1.165) is 42.2 Å². The molecule has 0 aromatic carbocycles. The molecule has 3 rings (SSSR count). The Morgan fingerprint density at radius 2 is 2.15 bits per heavy atom. The number of aromatic nitrogens is 3. The van der Waals surface area contributed by atoms with Gasteiger partial charge in [-0.2, -0.15) is 5.26 Å². The van der Waals surface area contributed by atoms with Crippen LogP contribution in [0.25, 0.3) is 0 Å². The maximum Gasteiger partial charge on any atom is 0.235 e. The summed E-state index contributed by atoms with van der Waals surface area (Å²) >= 11 is 1.43. The van der Waals surface area contributed by atoms with Crippen LogP contribution in [0.5, 0.6) is 0 Å². The lowest BCUT2D eigenvalue weighted by Crippen LogP contribution is -2.20. The highest BCUT2D eigenvalue weighted by molar-refractivity contribution is 7.99. The predicted molar refractivity (Wildman–Crippen MR) is 108 cm³/mol. The molecule has 1 saturated carbocycles. The summed E-state index contributed by atoms with van der Waals surface area (Å²) in [5.74, 6) is 0.848. The van der Waals surface area contributed by atoms with E-state index in [0.29, 0.717) is 17.4 Å². The zero-order valence-electron chi connectivity index (χ0n) is 16.3. The minimum Gasteiger partial charge on any atom is -0.327 e. The van der Waals surface area contributed by atoms with Gasteiger partial charge in [0.2, 0.25) is 5.91 Å². The number of aryl methyl sites for hydroxylation is 1. The van der Waals surface area contributed by atoms with Crippen molar-refractivity contribution in [3.8, 4) is 6.07 Å².